The third kappa shape index (κ3) is 15.4. The monoisotopic (exact) mass is 1000 g/mol. The van der Waals surface area contributed by atoms with E-state index in [4.69, 9.17) is 32.8 Å². The summed E-state index contributed by atoms with van der Waals surface area (Å²) in [6.07, 6.45) is 4.23. The number of ether oxygens (including phenoxy) is 6. The normalized spacial score (nSPS) is 24.5. The molecule has 2 saturated heterocycles. The molecular weight excluding hydrogens is 921 g/mol. The summed E-state index contributed by atoms with van der Waals surface area (Å²) in [5.74, 6) is -1.48. The summed E-state index contributed by atoms with van der Waals surface area (Å²) in [6.45, 7) is 8.37. The number of allylic oxidation sites excluding steroid dienone is 4. The van der Waals surface area contributed by atoms with Crippen LogP contribution in [0.15, 0.2) is 44.6 Å². The summed E-state index contributed by atoms with van der Waals surface area (Å²) in [6, 6.07) is 2.72. The Hall–Kier alpha value is -4.30. The van der Waals surface area contributed by atoms with E-state index in [1.807, 2.05) is 33.8 Å². The molecule has 8 N–H and O–H groups in total. The number of carbonyl (C=O) groups is 1. The number of rotatable bonds is 28. The van der Waals surface area contributed by atoms with Gasteiger partial charge in [-0.25, -0.2) is 0 Å². The molecule has 2 aliphatic heterocycles. The Morgan fingerprint density at radius 3 is 1.80 bits per heavy atom. The number of aliphatic hydroxyl groups excluding tert-OH is 6. The molecule has 0 amide bonds. The maximum Gasteiger partial charge on any atom is 0.305 e. The van der Waals surface area contributed by atoms with E-state index in [1.54, 1.807) is 12.1 Å². The topological polar surface area (TPSA) is 264 Å². The fraction of sp³-hybridized carbons (Fsp3) is 0.667. The van der Waals surface area contributed by atoms with Gasteiger partial charge in [0, 0.05) is 23.6 Å². The summed E-state index contributed by atoms with van der Waals surface area (Å²) < 4.78 is 41.3. The van der Waals surface area contributed by atoms with Crippen molar-refractivity contribution in [3.05, 3.63) is 56.8 Å². The third-order valence-corrected chi connectivity index (χ3v) is 13.4. The van der Waals surface area contributed by atoms with Crippen molar-refractivity contribution in [2.24, 2.45) is 0 Å². The van der Waals surface area contributed by atoms with Crippen molar-refractivity contribution in [2.45, 2.75) is 212 Å². The summed E-state index contributed by atoms with van der Waals surface area (Å²) in [5.41, 5.74) is 1.32. The number of unbranched alkanes of at least 4 members (excludes halogenated alkanes) is 14. The maximum atomic E-state index is 14.7. The molecule has 2 aromatic carbocycles. The van der Waals surface area contributed by atoms with E-state index in [0.29, 0.717) is 12.0 Å². The highest BCUT2D eigenvalue weighted by atomic mass is 16.7. The Morgan fingerprint density at radius 1 is 0.662 bits per heavy atom. The molecule has 5 rings (SSSR count). The number of methoxy groups -OCH3 is 1. The lowest BCUT2D eigenvalue weighted by molar-refractivity contribution is -0.352. The average molecular weight is 1000 g/mol. The fourth-order valence-electron chi connectivity index (χ4n) is 9.12. The van der Waals surface area contributed by atoms with Gasteiger partial charge in [-0.3, -0.25) is 9.59 Å². The minimum Gasteiger partial charge on any atom is -0.507 e. The summed E-state index contributed by atoms with van der Waals surface area (Å²) in [5, 5.41) is 87.5. The SMILES string of the molecule is CCCCCCCCCCCCCCCCCC(=O)OC[C@H]1O[C@@H](Oc2cc(O)c3oc4c(OC)cc(CC=C(C)C)c(O)c4c(=O)c3c2CC=C(C)C)[C@H](O)[C@@H](O)[C@@H]1O[C@@H]1O[C@H](CO)[C@@H](O)[C@H](O)[C@H]1O. The summed E-state index contributed by atoms with van der Waals surface area (Å²) >= 11 is 0. The van der Waals surface area contributed by atoms with Gasteiger partial charge in [0.2, 0.25) is 11.7 Å². The Bertz CT molecular complexity index is 2280. The molecule has 71 heavy (non-hydrogen) atoms. The Morgan fingerprint density at radius 2 is 1.23 bits per heavy atom. The number of fused-ring (bicyclic) bond motifs is 2. The minimum absolute atomic E-state index is 0.0225. The second-order valence-corrected chi connectivity index (χ2v) is 19.6. The number of phenolic OH excluding ortho intramolecular Hbond substituents is 2. The van der Waals surface area contributed by atoms with Gasteiger partial charge in [-0.05, 0) is 53.0 Å². The van der Waals surface area contributed by atoms with Crippen molar-refractivity contribution in [1.29, 1.82) is 0 Å². The molecule has 0 unspecified atom stereocenters. The van der Waals surface area contributed by atoms with E-state index in [-0.39, 0.29) is 64.0 Å². The van der Waals surface area contributed by atoms with Crippen molar-refractivity contribution in [3.63, 3.8) is 0 Å². The number of aliphatic hydroxyl groups is 6. The Labute approximate surface area is 417 Å². The number of benzene rings is 2. The van der Waals surface area contributed by atoms with Crippen molar-refractivity contribution in [3.8, 4) is 23.0 Å². The van der Waals surface area contributed by atoms with Crippen LogP contribution in [0.25, 0.3) is 21.9 Å². The maximum absolute atomic E-state index is 14.7. The summed E-state index contributed by atoms with van der Waals surface area (Å²) in [4.78, 5) is 27.8. The van der Waals surface area contributed by atoms with Gasteiger partial charge >= 0.3 is 5.97 Å². The van der Waals surface area contributed by atoms with Crippen molar-refractivity contribution in [2.75, 3.05) is 20.3 Å². The zero-order chi connectivity index (χ0) is 51.8. The fourth-order valence-corrected chi connectivity index (χ4v) is 9.12. The van der Waals surface area contributed by atoms with E-state index < -0.39 is 91.8 Å². The van der Waals surface area contributed by atoms with Gasteiger partial charge in [-0.15, -0.1) is 0 Å². The molecular formula is C54H80O17. The molecule has 17 heteroatoms. The lowest BCUT2D eigenvalue weighted by atomic mass is 9.96. The molecule has 0 radical (unpaired) electrons. The van der Waals surface area contributed by atoms with Gasteiger partial charge in [-0.2, -0.15) is 0 Å². The third-order valence-electron chi connectivity index (χ3n) is 13.4. The minimum atomic E-state index is -1.95. The first-order chi connectivity index (χ1) is 34.0. The molecule has 17 nitrogen and oxygen atoms in total. The molecule has 10 atom stereocenters. The zero-order valence-corrected chi connectivity index (χ0v) is 42.5. The lowest BCUT2D eigenvalue weighted by Crippen LogP contribution is -2.65. The molecule has 0 bridgehead atoms. The first-order valence-corrected chi connectivity index (χ1v) is 25.6. The van der Waals surface area contributed by atoms with E-state index in [2.05, 4.69) is 6.92 Å². The van der Waals surface area contributed by atoms with Crippen LogP contribution in [-0.4, -0.2) is 129 Å². The molecule has 2 aliphatic rings. The molecule has 0 saturated carbocycles. The van der Waals surface area contributed by atoms with Crippen molar-refractivity contribution >= 4 is 27.9 Å². The van der Waals surface area contributed by atoms with Gasteiger partial charge in [-0.1, -0.05) is 120 Å². The zero-order valence-electron chi connectivity index (χ0n) is 42.5. The van der Waals surface area contributed by atoms with E-state index >= 15 is 0 Å². The van der Waals surface area contributed by atoms with Crippen LogP contribution in [0.3, 0.4) is 0 Å². The molecule has 2 fully saturated rings. The second-order valence-electron chi connectivity index (χ2n) is 19.6. The first-order valence-electron chi connectivity index (χ1n) is 25.6. The smallest absolute Gasteiger partial charge is 0.305 e. The molecule has 0 aliphatic carbocycles. The van der Waals surface area contributed by atoms with Crippen molar-refractivity contribution < 1.29 is 78.5 Å². The quantitative estimate of drug-likeness (QED) is 0.0155. The largest absolute Gasteiger partial charge is 0.507 e. The first kappa shape index (κ1) is 57.6. The predicted molar refractivity (Wildman–Crippen MR) is 267 cm³/mol. The predicted octanol–water partition coefficient (Wildman–Crippen LogP) is 7.20. The average Bonchev–Trinajstić information content (AvgIpc) is 3.34. The van der Waals surface area contributed by atoms with Crippen molar-refractivity contribution in [1.82, 2.24) is 0 Å². The highest BCUT2D eigenvalue weighted by molar-refractivity contribution is 6.00. The standard InChI is InChI=1S/C54H80O17/c1-7-8-9-10-11-12-13-14-15-16-17-18-19-20-21-22-40(57)66-30-39-52(71-54-48(63)46(61)44(59)38(29-55)68-54)47(62)49(64)53(69-39)67-36-28-35(56)50-41(34(36)26-24-32(4)5)45(60)42-43(58)33(25-23-31(2)3)27-37(65-6)51(42)70-50/h23-24,27-28,38-39,44,46-49,52-56,58-59,61-64H,7-22,25-26,29-30H2,1-6H3/t38-,39-,44-,46+,47-,48-,49-,52-,53-,54+/m1/s1. The molecule has 398 valence electrons. The highest BCUT2D eigenvalue weighted by Crippen LogP contribution is 2.42. The number of esters is 1. The van der Waals surface area contributed by atoms with Gasteiger partial charge in [0.15, 0.2) is 29.0 Å². The van der Waals surface area contributed by atoms with Crippen LogP contribution in [0.1, 0.15) is 148 Å². The number of hydrogen-bond acceptors (Lipinski definition) is 17. The van der Waals surface area contributed by atoms with Gasteiger partial charge in [0.25, 0.3) is 0 Å². The molecule has 0 spiro atoms. The van der Waals surface area contributed by atoms with Crippen LogP contribution in [0.5, 0.6) is 23.0 Å². The number of phenols is 2. The second kappa shape index (κ2) is 28.2. The summed E-state index contributed by atoms with van der Waals surface area (Å²) in [7, 11) is 1.39. The van der Waals surface area contributed by atoms with Crippen LogP contribution in [-0.2, 0) is 36.6 Å². The number of hydrogen-bond donors (Lipinski definition) is 8. The lowest BCUT2D eigenvalue weighted by Gasteiger charge is -2.46. The van der Waals surface area contributed by atoms with E-state index in [9.17, 15) is 50.4 Å². The highest BCUT2D eigenvalue weighted by Gasteiger charge is 2.51. The van der Waals surface area contributed by atoms with Crippen LogP contribution in [0.4, 0.5) is 0 Å². The van der Waals surface area contributed by atoms with Crippen LogP contribution < -0.4 is 14.9 Å². The van der Waals surface area contributed by atoms with Gasteiger partial charge in [0.05, 0.1) is 19.1 Å². The van der Waals surface area contributed by atoms with Crippen LogP contribution in [0.2, 0.25) is 0 Å². The molecule has 3 aromatic rings. The number of aromatic hydroxyl groups is 2. The van der Waals surface area contributed by atoms with Crippen LogP contribution >= 0.6 is 0 Å². The van der Waals surface area contributed by atoms with E-state index in [0.717, 1.165) is 42.9 Å². The molecule has 1 aromatic heterocycles. The van der Waals surface area contributed by atoms with E-state index in [1.165, 1.54) is 71.3 Å². The van der Waals surface area contributed by atoms with Gasteiger partial charge < -0.3 is 73.7 Å². The number of carbonyl (C=O) groups excluding carboxylic acids is 1. The van der Waals surface area contributed by atoms with Gasteiger partial charge in [0.1, 0.15) is 72.3 Å². The van der Waals surface area contributed by atoms with Crippen LogP contribution in [0, 0.1) is 0 Å². The Balaban J connectivity index is 1.35. The molecule has 3 heterocycles. The Kier molecular flexibility index (Phi) is 22.9.